The Kier molecular flexibility index (Phi) is 12.2. The molecule has 3 amide bonds. The Morgan fingerprint density at radius 2 is 1.75 bits per heavy atom. The lowest BCUT2D eigenvalue weighted by Crippen LogP contribution is -2.59. The number of likely N-dealkylation sites (tertiary alicyclic amines) is 1. The van der Waals surface area contributed by atoms with Gasteiger partial charge in [-0.25, -0.2) is 4.98 Å². The van der Waals surface area contributed by atoms with Crippen LogP contribution in [-0.2, 0) is 30.5 Å². The second-order valence-corrected chi connectivity index (χ2v) is 16.2. The van der Waals surface area contributed by atoms with Crippen molar-refractivity contribution < 1.29 is 29.0 Å². The number of amides is 3. The van der Waals surface area contributed by atoms with Crippen LogP contribution in [0, 0.1) is 12.3 Å². The molecule has 16 heteroatoms. The first kappa shape index (κ1) is 40.1. The van der Waals surface area contributed by atoms with Gasteiger partial charge in [0, 0.05) is 51.6 Å². The van der Waals surface area contributed by atoms with Crippen molar-refractivity contribution in [3.63, 3.8) is 0 Å². The number of nitrogens with one attached hydrogen (secondary N) is 2. The van der Waals surface area contributed by atoms with Crippen LogP contribution in [-0.4, -0.2) is 111 Å². The lowest BCUT2D eigenvalue weighted by Gasteiger charge is -2.37. The quantitative estimate of drug-likeness (QED) is 0.162. The van der Waals surface area contributed by atoms with Crippen molar-refractivity contribution in [1.82, 2.24) is 35.6 Å². The number of nitrogens with zero attached hydrogens (tertiary/aromatic N) is 6. The average Bonchev–Trinajstić information content (AvgIpc) is 3.79. The highest BCUT2D eigenvalue weighted by atomic mass is 32.1. The van der Waals surface area contributed by atoms with E-state index in [4.69, 9.17) is 10.5 Å². The van der Waals surface area contributed by atoms with Gasteiger partial charge in [-0.2, -0.15) is 0 Å². The molecule has 0 bridgehead atoms. The summed E-state index contributed by atoms with van der Waals surface area (Å²) in [7, 11) is 0. The highest BCUT2D eigenvalue weighted by Gasteiger charge is 2.46. The fraction of sp³-hybridized carbons (Fsp3) is 0.425. The van der Waals surface area contributed by atoms with Gasteiger partial charge in [0.15, 0.2) is 5.82 Å². The molecule has 6 rings (SSSR count). The van der Waals surface area contributed by atoms with Crippen LogP contribution in [0.3, 0.4) is 0 Å². The van der Waals surface area contributed by atoms with E-state index in [-0.39, 0.29) is 49.4 Å². The number of hydrogen-bond donors (Lipinski definition) is 4. The monoisotopic (exact) mass is 783 g/mol. The third-order valence-corrected chi connectivity index (χ3v) is 11.1. The van der Waals surface area contributed by atoms with Crippen LogP contribution in [0.5, 0.6) is 5.75 Å². The lowest BCUT2D eigenvalue weighted by molar-refractivity contribution is -0.147. The molecular weight excluding hydrogens is 735 g/mol. The summed E-state index contributed by atoms with van der Waals surface area (Å²) in [5.74, 6) is -1.26. The van der Waals surface area contributed by atoms with Crippen LogP contribution in [0.2, 0.25) is 0 Å². The van der Waals surface area contributed by atoms with E-state index in [1.807, 2.05) is 68.4 Å². The van der Waals surface area contributed by atoms with Gasteiger partial charge in [-0.1, -0.05) is 57.2 Å². The largest absolute Gasteiger partial charge is 0.507 e. The van der Waals surface area contributed by atoms with Crippen LogP contribution >= 0.6 is 11.3 Å². The molecule has 296 valence electrons. The number of phenols is 1. The number of para-hydroxylation sites is 1. The minimum Gasteiger partial charge on any atom is -0.507 e. The number of anilines is 2. The van der Waals surface area contributed by atoms with Crippen LogP contribution in [0.25, 0.3) is 21.7 Å². The average molecular weight is 784 g/mol. The summed E-state index contributed by atoms with van der Waals surface area (Å²) in [5.41, 5.74) is 11.9. The molecule has 0 aliphatic carbocycles. The molecule has 5 N–H and O–H groups in total. The van der Waals surface area contributed by atoms with Gasteiger partial charge in [0.1, 0.15) is 23.9 Å². The number of thiazole rings is 1. The summed E-state index contributed by atoms with van der Waals surface area (Å²) >= 11 is 1.57. The topological polar surface area (TPSA) is 196 Å². The van der Waals surface area contributed by atoms with Gasteiger partial charge in [0.05, 0.1) is 40.6 Å². The molecule has 2 aromatic heterocycles. The predicted molar refractivity (Wildman–Crippen MR) is 213 cm³/mol. The summed E-state index contributed by atoms with van der Waals surface area (Å²) in [5, 5.41) is 24.6. The first-order valence-electron chi connectivity index (χ1n) is 18.6. The molecule has 4 aromatic rings. The summed E-state index contributed by atoms with van der Waals surface area (Å²) in [6, 6.07) is 14.7. The van der Waals surface area contributed by atoms with Gasteiger partial charge in [-0.3, -0.25) is 24.1 Å². The van der Waals surface area contributed by atoms with Crippen molar-refractivity contribution in [1.29, 1.82) is 0 Å². The molecule has 0 spiro atoms. The zero-order valence-electron chi connectivity index (χ0n) is 32.3. The van der Waals surface area contributed by atoms with Gasteiger partial charge < -0.3 is 36.0 Å². The standard InChI is InChI=1S/C40H49N9O6S/c1-24-35(56-23-43-24)27-12-10-26(11-13-27)20-42-38(53)32-18-28(55-25(2)50)21-49(32)39(54)36(40(3,4)5)44-34(52)22-47-14-16-48(17-15-47)31-19-30(45-46-37(31)41)29-8-6-7-9-33(29)51/h6-13,19,23,28,32,36,51H,14-18,20-22H2,1-5H3,(H2,41,46)(H,42,53)(H,44,52)/t28-,32+,36?/m1/s1. The van der Waals surface area contributed by atoms with Crippen molar-refractivity contribution in [2.45, 2.75) is 65.8 Å². The molecular formula is C40H49N9O6S. The summed E-state index contributed by atoms with van der Waals surface area (Å²) < 4.78 is 5.48. The zero-order chi connectivity index (χ0) is 40.1. The number of benzene rings is 2. The molecule has 3 atom stereocenters. The number of aromatic nitrogens is 3. The maximum atomic E-state index is 14.3. The normalized spacial score (nSPS) is 18.0. The molecule has 4 heterocycles. The van der Waals surface area contributed by atoms with E-state index in [1.54, 1.807) is 35.6 Å². The molecule has 2 saturated heterocycles. The summed E-state index contributed by atoms with van der Waals surface area (Å²) in [4.78, 5) is 64.4. The van der Waals surface area contributed by atoms with Crippen LogP contribution in [0.15, 0.2) is 60.1 Å². The number of aryl methyl sites for hydroxylation is 1. The van der Waals surface area contributed by atoms with Crippen molar-refractivity contribution in [3.8, 4) is 27.4 Å². The van der Waals surface area contributed by atoms with Crippen LogP contribution in [0.1, 0.15) is 45.4 Å². The Hall–Kier alpha value is -5.61. The Labute approximate surface area is 330 Å². The fourth-order valence-electron chi connectivity index (χ4n) is 7.11. The molecule has 56 heavy (non-hydrogen) atoms. The lowest BCUT2D eigenvalue weighted by atomic mass is 9.85. The van der Waals surface area contributed by atoms with Crippen molar-refractivity contribution in [2.75, 3.05) is 49.9 Å². The third-order valence-electron chi connectivity index (χ3n) is 10.1. The Morgan fingerprint density at radius 1 is 1.04 bits per heavy atom. The van der Waals surface area contributed by atoms with Gasteiger partial charge in [-0.05, 0) is 41.7 Å². The molecule has 2 aromatic carbocycles. The number of aromatic hydroxyl groups is 1. The van der Waals surface area contributed by atoms with E-state index in [9.17, 15) is 24.3 Å². The molecule has 2 aliphatic heterocycles. The number of piperazine rings is 1. The molecule has 2 fully saturated rings. The Morgan fingerprint density at radius 3 is 2.39 bits per heavy atom. The molecule has 0 radical (unpaired) electrons. The van der Waals surface area contributed by atoms with E-state index in [0.717, 1.165) is 21.7 Å². The Balaban J connectivity index is 1.08. The van der Waals surface area contributed by atoms with Gasteiger partial charge in [0.25, 0.3) is 0 Å². The third kappa shape index (κ3) is 9.42. The fourth-order valence-corrected chi connectivity index (χ4v) is 7.92. The zero-order valence-corrected chi connectivity index (χ0v) is 33.1. The maximum Gasteiger partial charge on any atom is 0.302 e. The summed E-state index contributed by atoms with van der Waals surface area (Å²) in [6.45, 7) is 11.4. The summed E-state index contributed by atoms with van der Waals surface area (Å²) in [6.07, 6.45) is -0.526. The number of esters is 1. The van der Waals surface area contributed by atoms with Crippen LogP contribution < -0.4 is 21.3 Å². The molecule has 1 unspecified atom stereocenters. The second kappa shape index (κ2) is 17.0. The van der Waals surface area contributed by atoms with Gasteiger partial charge >= 0.3 is 5.97 Å². The van der Waals surface area contributed by atoms with Crippen molar-refractivity contribution in [3.05, 3.63) is 71.4 Å². The highest BCUT2D eigenvalue weighted by molar-refractivity contribution is 7.13. The van der Waals surface area contributed by atoms with Gasteiger partial charge in [0.2, 0.25) is 17.7 Å². The van der Waals surface area contributed by atoms with E-state index in [0.29, 0.717) is 43.1 Å². The van der Waals surface area contributed by atoms with Gasteiger partial charge in [-0.15, -0.1) is 21.5 Å². The Bertz CT molecular complexity index is 2060. The predicted octanol–water partition coefficient (Wildman–Crippen LogP) is 3.37. The van der Waals surface area contributed by atoms with E-state index >= 15 is 0 Å². The number of ether oxygens (including phenoxy) is 1. The minimum absolute atomic E-state index is 0.0302. The number of phenolic OH excluding ortho intramolecular Hbond substituents is 1. The number of carbonyl (C=O) groups excluding carboxylic acids is 4. The number of nitrogens with two attached hydrogens (primary N) is 1. The number of nitrogen functional groups attached to an aromatic ring is 1. The first-order chi connectivity index (χ1) is 26.7. The molecule has 0 saturated carbocycles. The van der Waals surface area contributed by atoms with E-state index in [1.165, 1.54) is 11.8 Å². The number of hydrogen-bond acceptors (Lipinski definition) is 13. The molecule has 15 nitrogen and oxygen atoms in total. The SMILES string of the molecule is CC(=O)O[C@@H]1C[C@@H](C(=O)NCc2ccc(-c3scnc3C)cc2)N(C(=O)C(NC(=O)CN2CCN(c3cc(-c4ccccc4O)nnc3N)CC2)C(C)(C)C)C1. The van der Waals surface area contributed by atoms with Crippen LogP contribution in [0.4, 0.5) is 11.5 Å². The van der Waals surface area contributed by atoms with Crippen molar-refractivity contribution in [2.24, 2.45) is 5.41 Å². The maximum absolute atomic E-state index is 14.3. The second-order valence-electron chi connectivity index (χ2n) is 15.3. The van der Waals surface area contributed by atoms with E-state index in [2.05, 4.69) is 30.7 Å². The number of rotatable bonds is 11. The number of carbonyl (C=O) groups is 4. The first-order valence-corrected chi connectivity index (χ1v) is 19.5. The molecule has 2 aliphatic rings. The highest BCUT2D eigenvalue weighted by Crippen LogP contribution is 2.32. The smallest absolute Gasteiger partial charge is 0.302 e. The minimum atomic E-state index is -0.957. The van der Waals surface area contributed by atoms with Crippen molar-refractivity contribution >= 4 is 46.5 Å². The van der Waals surface area contributed by atoms with E-state index < -0.39 is 35.5 Å².